The quantitative estimate of drug-likeness (QED) is 0.556. The Morgan fingerprint density at radius 1 is 1.27 bits per heavy atom. The van der Waals surface area contributed by atoms with Gasteiger partial charge in [0.05, 0.1) is 0 Å². The van der Waals surface area contributed by atoms with Gasteiger partial charge in [-0.1, -0.05) is 38.3 Å². The van der Waals surface area contributed by atoms with Crippen molar-refractivity contribution < 1.29 is 0 Å². The molecule has 1 N–H and O–H groups in total. The molecule has 1 rings (SSSR count). The van der Waals surface area contributed by atoms with Crippen LogP contribution >= 0.6 is 12.4 Å². The fourth-order valence-electron chi connectivity index (χ4n) is 2.10. The van der Waals surface area contributed by atoms with Crippen molar-refractivity contribution in [2.24, 2.45) is 0 Å². The van der Waals surface area contributed by atoms with Crippen LogP contribution in [0.1, 0.15) is 58.8 Å². The summed E-state index contributed by atoms with van der Waals surface area (Å²) in [5.41, 5.74) is 0. The maximum atomic E-state index is 3.62. The van der Waals surface area contributed by atoms with Gasteiger partial charge in [-0.15, -0.1) is 12.4 Å². The van der Waals surface area contributed by atoms with Crippen molar-refractivity contribution in [3.63, 3.8) is 0 Å². The Kier molecular flexibility index (Phi) is 9.23. The smallest absolute Gasteiger partial charge is 0.0252 e. The summed E-state index contributed by atoms with van der Waals surface area (Å²) in [7, 11) is 0. The van der Waals surface area contributed by atoms with Gasteiger partial charge in [-0.05, 0) is 32.6 Å². The first-order valence-corrected chi connectivity index (χ1v) is 6.25. The highest BCUT2D eigenvalue weighted by Gasteiger charge is 2.14. The summed E-state index contributed by atoms with van der Waals surface area (Å²) in [6.07, 6.45) is 14.1. The van der Waals surface area contributed by atoms with Crippen LogP contribution in [0.15, 0.2) is 12.2 Å². The molecule has 1 saturated heterocycles. The first-order valence-electron chi connectivity index (χ1n) is 6.25. The van der Waals surface area contributed by atoms with Crippen molar-refractivity contribution >= 4 is 12.4 Å². The van der Waals surface area contributed by atoms with E-state index in [-0.39, 0.29) is 12.4 Å². The molecule has 0 radical (unpaired) electrons. The second-order valence-corrected chi connectivity index (χ2v) is 4.53. The predicted octanol–water partition coefficient (Wildman–Crippen LogP) is 4.08. The third-order valence-corrected chi connectivity index (χ3v) is 2.99. The summed E-state index contributed by atoms with van der Waals surface area (Å²) in [6.45, 7) is 4.55. The third kappa shape index (κ3) is 6.97. The number of allylic oxidation sites excluding steroid dienone is 1. The van der Waals surface area contributed by atoms with E-state index in [9.17, 15) is 0 Å². The van der Waals surface area contributed by atoms with E-state index in [0.717, 1.165) is 0 Å². The van der Waals surface area contributed by atoms with Crippen LogP contribution < -0.4 is 5.32 Å². The molecule has 1 fully saturated rings. The minimum atomic E-state index is 0. The molecule has 2 atom stereocenters. The minimum absolute atomic E-state index is 0. The van der Waals surface area contributed by atoms with Gasteiger partial charge in [0.15, 0.2) is 0 Å². The Hall–Kier alpha value is -0.0100. The zero-order chi connectivity index (χ0) is 10.2. The molecule has 1 nitrogen and oxygen atoms in total. The predicted molar refractivity (Wildman–Crippen MR) is 70.8 cm³/mol. The summed E-state index contributed by atoms with van der Waals surface area (Å²) < 4.78 is 0. The minimum Gasteiger partial charge on any atom is -0.308 e. The number of nitrogens with one attached hydrogen (secondary N) is 1. The zero-order valence-electron chi connectivity index (χ0n) is 10.2. The lowest BCUT2D eigenvalue weighted by atomic mass is 9.99. The van der Waals surface area contributed by atoms with Gasteiger partial charge in [0.2, 0.25) is 0 Å². The van der Waals surface area contributed by atoms with Crippen molar-refractivity contribution in [3.05, 3.63) is 12.2 Å². The van der Waals surface area contributed by atoms with Crippen molar-refractivity contribution in [3.8, 4) is 0 Å². The first kappa shape index (κ1) is 15.0. The Bertz CT molecular complexity index is 168. The summed E-state index contributed by atoms with van der Waals surface area (Å²) in [5.74, 6) is 0. The van der Waals surface area contributed by atoms with Gasteiger partial charge in [0.25, 0.3) is 0 Å². The van der Waals surface area contributed by atoms with Crippen LogP contribution in [0.4, 0.5) is 0 Å². The molecule has 2 heteroatoms. The van der Waals surface area contributed by atoms with E-state index in [1.807, 2.05) is 0 Å². The van der Waals surface area contributed by atoms with Gasteiger partial charge in [-0.2, -0.15) is 0 Å². The van der Waals surface area contributed by atoms with E-state index in [0.29, 0.717) is 12.1 Å². The van der Waals surface area contributed by atoms with Crippen LogP contribution in [0, 0.1) is 0 Å². The summed E-state index contributed by atoms with van der Waals surface area (Å²) in [5, 5.41) is 3.62. The number of hydrogen-bond donors (Lipinski definition) is 1. The highest BCUT2D eigenvalue weighted by Crippen LogP contribution is 2.13. The van der Waals surface area contributed by atoms with E-state index >= 15 is 0 Å². The van der Waals surface area contributed by atoms with Crippen LogP contribution in [-0.2, 0) is 0 Å². The summed E-state index contributed by atoms with van der Waals surface area (Å²) in [4.78, 5) is 0. The molecule has 1 aliphatic heterocycles. The Morgan fingerprint density at radius 3 is 2.73 bits per heavy atom. The fourth-order valence-corrected chi connectivity index (χ4v) is 2.10. The van der Waals surface area contributed by atoms with Crippen molar-refractivity contribution in [1.82, 2.24) is 5.32 Å². The molecular formula is C13H26ClN. The highest BCUT2D eigenvalue weighted by molar-refractivity contribution is 5.85. The largest absolute Gasteiger partial charge is 0.308 e. The zero-order valence-corrected chi connectivity index (χ0v) is 11.0. The standard InChI is InChI=1S/C13H25N.ClH/c1-3-4-5-6-7-10-13-11-8-9-12(2)14-13;/h7,10,12-14H,3-6,8-9,11H2,1-2H3;1H/t12-,13-;/m0./s1. The van der Waals surface area contributed by atoms with Gasteiger partial charge in [0.1, 0.15) is 0 Å². The van der Waals surface area contributed by atoms with Crippen LogP contribution in [0.5, 0.6) is 0 Å². The lowest BCUT2D eigenvalue weighted by molar-refractivity contribution is 0.374. The Labute approximate surface area is 101 Å². The van der Waals surface area contributed by atoms with Crippen molar-refractivity contribution in [2.75, 3.05) is 0 Å². The van der Waals surface area contributed by atoms with Crippen LogP contribution in [0.25, 0.3) is 0 Å². The van der Waals surface area contributed by atoms with Gasteiger partial charge in [-0.25, -0.2) is 0 Å². The number of unbranched alkanes of at least 4 members (excludes halogenated alkanes) is 3. The fraction of sp³-hybridized carbons (Fsp3) is 0.846. The molecule has 0 saturated carbocycles. The van der Waals surface area contributed by atoms with Gasteiger partial charge in [-0.3, -0.25) is 0 Å². The highest BCUT2D eigenvalue weighted by atomic mass is 35.5. The second kappa shape index (κ2) is 9.23. The summed E-state index contributed by atoms with van der Waals surface area (Å²) in [6, 6.07) is 1.37. The molecule has 0 aromatic rings. The lowest BCUT2D eigenvalue weighted by Gasteiger charge is -2.26. The monoisotopic (exact) mass is 231 g/mol. The molecule has 0 unspecified atom stereocenters. The molecule has 0 amide bonds. The lowest BCUT2D eigenvalue weighted by Crippen LogP contribution is -2.39. The molecule has 1 aliphatic rings. The van der Waals surface area contributed by atoms with E-state index in [4.69, 9.17) is 0 Å². The molecular weight excluding hydrogens is 206 g/mol. The molecule has 0 aliphatic carbocycles. The topological polar surface area (TPSA) is 12.0 Å². The van der Waals surface area contributed by atoms with Crippen LogP contribution in [-0.4, -0.2) is 12.1 Å². The normalized spacial score (nSPS) is 26.5. The van der Waals surface area contributed by atoms with Crippen molar-refractivity contribution in [1.29, 1.82) is 0 Å². The maximum Gasteiger partial charge on any atom is 0.0252 e. The summed E-state index contributed by atoms with van der Waals surface area (Å²) >= 11 is 0. The number of rotatable bonds is 5. The van der Waals surface area contributed by atoms with Gasteiger partial charge >= 0.3 is 0 Å². The molecule has 0 aromatic carbocycles. The number of hydrogen-bond acceptors (Lipinski definition) is 1. The molecule has 1 heterocycles. The number of halogens is 1. The first-order chi connectivity index (χ1) is 6.83. The molecule has 0 spiro atoms. The second-order valence-electron chi connectivity index (χ2n) is 4.53. The van der Waals surface area contributed by atoms with E-state index in [1.165, 1.54) is 44.9 Å². The SMILES string of the molecule is CCCCCC=C[C@H]1CCC[C@H](C)N1.Cl. The average molecular weight is 232 g/mol. The van der Waals surface area contributed by atoms with E-state index in [1.54, 1.807) is 0 Å². The average Bonchev–Trinajstić information content (AvgIpc) is 2.18. The number of piperidine rings is 1. The Balaban J connectivity index is 0.00000196. The molecule has 90 valence electrons. The molecule has 0 aromatic heterocycles. The van der Waals surface area contributed by atoms with Crippen LogP contribution in [0.3, 0.4) is 0 Å². The molecule has 15 heavy (non-hydrogen) atoms. The van der Waals surface area contributed by atoms with Crippen LogP contribution in [0.2, 0.25) is 0 Å². The van der Waals surface area contributed by atoms with Gasteiger partial charge < -0.3 is 5.32 Å². The van der Waals surface area contributed by atoms with E-state index < -0.39 is 0 Å². The van der Waals surface area contributed by atoms with Crippen molar-refractivity contribution in [2.45, 2.75) is 70.9 Å². The van der Waals surface area contributed by atoms with E-state index in [2.05, 4.69) is 31.3 Å². The van der Waals surface area contributed by atoms with Gasteiger partial charge in [0, 0.05) is 12.1 Å². The third-order valence-electron chi connectivity index (χ3n) is 2.99. The Morgan fingerprint density at radius 2 is 2.07 bits per heavy atom. The maximum absolute atomic E-state index is 3.62. The molecule has 0 bridgehead atoms.